The highest BCUT2D eigenvalue weighted by Gasteiger charge is 2.28. The molecule has 0 unspecified atom stereocenters. The minimum absolute atomic E-state index is 0.108. The van der Waals surface area contributed by atoms with E-state index < -0.39 is 14.6 Å². The van der Waals surface area contributed by atoms with Crippen molar-refractivity contribution in [3.8, 4) is 0 Å². The smallest absolute Gasteiger partial charge is 0.209 e. The van der Waals surface area contributed by atoms with Crippen LogP contribution in [0.15, 0.2) is 5.16 Å². The predicted molar refractivity (Wildman–Crippen MR) is 71.1 cm³/mol. The lowest BCUT2D eigenvalue weighted by Gasteiger charge is -2.18. The Morgan fingerprint density at radius 1 is 1.39 bits per heavy atom. The van der Waals surface area contributed by atoms with Crippen LogP contribution in [0.1, 0.15) is 20.8 Å². The van der Waals surface area contributed by atoms with E-state index in [0.717, 1.165) is 0 Å². The summed E-state index contributed by atoms with van der Waals surface area (Å²) in [5.41, 5.74) is 5.42. The van der Waals surface area contributed by atoms with Crippen molar-refractivity contribution in [2.45, 2.75) is 37.2 Å². The molecule has 0 aliphatic rings. The van der Waals surface area contributed by atoms with Crippen LogP contribution in [-0.2, 0) is 16.4 Å². The number of rotatable bonds is 6. The highest BCUT2D eigenvalue weighted by molar-refractivity contribution is 8.00. The van der Waals surface area contributed by atoms with Gasteiger partial charge in [-0.15, -0.1) is 5.10 Å². The average molecular weight is 293 g/mol. The van der Waals surface area contributed by atoms with Crippen molar-refractivity contribution in [2.75, 3.05) is 18.1 Å². The molecule has 7 nitrogen and oxygen atoms in total. The molecule has 0 spiro atoms. The Morgan fingerprint density at radius 3 is 2.61 bits per heavy atom. The van der Waals surface area contributed by atoms with E-state index in [-0.39, 0.29) is 5.75 Å². The van der Waals surface area contributed by atoms with Gasteiger partial charge in [-0.25, -0.2) is 13.1 Å². The first-order valence-electron chi connectivity index (χ1n) is 5.59. The van der Waals surface area contributed by atoms with Crippen molar-refractivity contribution in [3.05, 3.63) is 0 Å². The summed E-state index contributed by atoms with van der Waals surface area (Å²) in [6.45, 7) is 6.07. The van der Waals surface area contributed by atoms with Crippen molar-refractivity contribution in [1.29, 1.82) is 0 Å². The van der Waals surface area contributed by atoms with Crippen LogP contribution < -0.4 is 5.73 Å². The molecule has 0 bridgehead atoms. The van der Waals surface area contributed by atoms with Gasteiger partial charge in [-0.1, -0.05) is 11.8 Å². The van der Waals surface area contributed by atoms with Gasteiger partial charge in [-0.2, -0.15) is 0 Å². The highest BCUT2D eigenvalue weighted by atomic mass is 32.2. The maximum absolute atomic E-state index is 11.9. The number of sulfone groups is 1. The van der Waals surface area contributed by atoms with Gasteiger partial charge in [-0.3, -0.25) is 0 Å². The average Bonchev–Trinajstić information content (AvgIpc) is 2.64. The summed E-state index contributed by atoms with van der Waals surface area (Å²) in [6, 6.07) is 0. The molecule has 0 atom stereocenters. The van der Waals surface area contributed by atoms with E-state index in [1.54, 1.807) is 25.5 Å². The monoisotopic (exact) mass is 293 g/mol. The van der Waals surface area contributed by atoms with E-state index in [4.69, 9.17) is 5.73 Å². The van der Waals surface area contributed by atoms with E-state index in [1.165, 1.54) is 11.8 Å². The summed E-state index contributed by atoms with van der Waals surface area (Å²) in [6.07, 6.45) is 0. The van der Waals surface area contributed by atoms with Crippen LogP contribution >= 0.6 is 11.8 Å². The number of hydrogen-bond donors (Lipinski definition) is 1. The zero-order chi connectivity index (χ0) is 13.8. The number of nitrogens with zero attached hydrogens (tertiary/aromatic N) is 4. The molecule has 1 aromatic heterocycles. The molecule has 1 heterocycles. The number of thioether (sulfide) groups is 1. The molecule has 0 radical (unpaired) electrons. The van der Waals surface area contributed by atoms with Gasteiger partial charge in [0.15, 0.2) is 9.84 Å². The molecule has 0 aliphatic carbocycles. The van der Waals surface area contributed by atoms with Crippen molar-refractivity contribution >= 4 is 21.6 Å². The summed E-state index contributed by atoms with van der Waals surface area (Å²) in [4.78, 5) is 0. The van der Waals surface area contributed by atoms with E-state index >= 15 is 0 Å². The second-order valence-electron chi connectivity index (χ2n) is 4.75. The summed E-state index contributed by atoms with van der Waals surface area (Å²) in [5.74, 6) is 0.543. The Bertz CT molecular complexity index is 477. The first-order chi connectivity index (χ1) is 8.28. The van der Waals surface area contributed by atoms with Gasteiger partial charge >= 0.3 is 0 Å². The van der Waals surface area contributed by atoms with Crippen molar-refractivity contribution in [3.63, 3.8) is 0 Å². The zero-order valence-corrected chi connectivity index (χ0v) is 12.5. The van der Waals surface area contributed by atoms with Crippen molar-refractivity contribution in [1.82, 2.24) is 20.2 Å². The number of aromatic nitrogens is 4. The van der Waals surface area contributed by atoms with Crippen molar-refractivity contribution in [2.24, 2.45) is 5.73 Å². The van der Waals surface area contributed by atoms with Gasteiger partial charge in [0.25, 0.3) is 0 Å². The standard InChI is InChI=1S/C9H19N5O2S2/c1-9(2,3)18(15,16)7-6-17-8-11-12-13-14(8)5-4-10/h4-7,10H2,1-3H3. The van der Waals surface area contributed by atoms with Crippen LogP contribution in [0.5, 0.6) is 0 Å². The summed E-state index contributed by atoms with van der Waals surface area (Å²) in [5, 5.41) is 11.7. The maximum Gasteiger partial charge on any atom is 0.209 e. The van der Waals surface area contributed by atoms with Crippen LogP contribution in [-0.4, -0.2) is 51.4 Å². The lowest BCUT2D eigenvalue weighted by molar-refractivity contribution is 0.556. The zero-order valence-electron chi connectivity index (χ0n) is 10.8. The third-order valence-electron chi connectivity index (χ3n) is 2.36. The fourth-order valence-corrected chi connectivity index (χ4v) is 3.49. The molecule has 0 saturated heterocycles. The molecular formula is C9H19N5O2S2. The molecule has 0 fully saturated rings. The Kier molecular flexibility index (Phi) is 5.11. The second-order valence-corrected chi connectivity index (χ2v) is 8.68. The van der Waals surface area contributed by atoms with Gasteiger partial charge in [0.05, 0.1) is 17.0 Å². The molecule has 2 N–H and O–H groups in total. The molecule has 1 aromatic rings. The number of nitrogens with two attached hydrogens (primary N) is 1. The van der Waals surface area contributed by atoms with Crippen LogP contribution in [0.25, 0.3) is 0 Å². The van der Waals surface area contributed by atoms with E-state index in [1.807, 2.05) is 0 Å². The molecule has 0 aliphatic heterocycles. The highest BCUT2D eigenvalue weighted by Crippen LogP contribution is 2.19. The summed E-state index contributed by atoms with van der Waals surface area (Å²) < 4.78 is 24.7. The molecule has 0 aromatic carbocycles. The SMILES string of the molecule is CC(C)(C)S(=O)(=O)CCSc1nnnn1CCN. The fourth-order valence-electron chi connectivity index (χ4n) is 1.11. The summed E-state index contributed by atoms with van der Waals surface area (Å²) >= 11 is 1.33. The van der Waals surface area contributed by atoms with E-state index in [0.29, 0.717) is 24.0 Å². The van der Waals surface area contributed by atoms with Crippen LogP contribution in [0.2, 0.25) is 0 Å². The predicted octanol–water partition coefficient (Wildman–Crippen LogP) is -0.0628. The first kappa shape index (κ1) is 15.4. The Balaban J connectivity index is 2.54. The molecule has 1 rings (SSSR count). The van der Waals surface area contributed by atoms with Crippen LogP contribution in [0.3, 0.4) is 0 Å². The Hall–Kier alpha value is -0.670. The van der Waals surface area contributed by atoms with Gasteiger partial charge in [0.1, 0.15) is 0 Å². The van der Waals surface area contributed by atoms with Crippen LogP contribution in [0.4, 0.5) is 0 Å². The third-order valence-corrected chi connectivity index (χ3v) is 6.18. The topological polar surface area (TPSA) is 104 Å². The lowest BCUT2D eigenvalue weighted by Crippen LogP contribution is -2.31. The second kappa shape index (κ2) is 5.98. The minimum Gasteiger partial charge on any atom is -0.329 e. The van der Waals surface area contributed by atoms with Gasteiger partial charge < -0.3 is 5.73 Å². The lowest BCUT2D eigenvalue weighted by atomic mass is 10.3. The maximum atomic E-state index is 11.9. The minimum atomic E-state index is -3.10. The van der Waals surface area contributed by atoms with Crippen molar-refractivity contribution < 1.29 is 8.42 Å². The largest absolute Gasteiger partial charge is 0.329 e. The van der Waals surface area contributed by atoms with Crippen LogP contribution in [0, 0.1) is 0 Å². The van der Waals surface area contributed by atoms with E-state index in [9.17, 15) is 8.42 Å². The fraction of sp³-hybridized carbons (Fsp3) is 0.889. The van der Waals surface area contributed by atoms with E-state index in [2.05, 4.69) is 15.5 Å². The normalized spacial score (nSPS) is 12.9. The van der Waals surface area contributed by atoms with Gasteiger partial charge in [-0.05, 0) is 31.2 Å². The molecule has 0 amide bonds. The van der Waals surface area contributed by atoms with Gasteiger partial charge in [0, 0.05) is 12.3 Å². The molecule has 0 saturated carbocycles. The summed E-state index contributed by atoms with van der Waals surface area (Å²) in [7, 11) is -3.10. The number of tetrazole rings is 1. The number of hydrogen-bond acceptors (Lipinski definition) is 7. The molecule has 18 heavy (non-hydrogen) atoms. The molecule has 104 valence electrons. The third kappa shape index (κ3) is 3.92. The van der Waals surface area contributed by atoms with Gasteiger partial charge in [0.2, 0.25) is 5.16 Å². The quantitative estimate of drug-likeness (QED) is 0.732. The Labute approximate surface area is 111 Å². The first-order valence-corrected chi connectivity index (χ1v) is 8.23. The Morgan fingerprint density at radius 2 is 2.06 bits per heavy atom. The molecule has 9 heteroatoms. The molecular weight excluding hydrogens is 274 g/mol.